The van der Waals surface area contributed by atoms with Crippen molar-refractivity contribution in [3.8, 4) is 0 Å². The van der Waals surface area contributed by atoms with Gasteiger partial charge in [0.1, 0.15) is 0 Å². The highest BCUT2D eigenvalue weighted by molar-refractivity contribution is 7.88. The molecule has 1 aliphatic carbocycles. The standard InChI is InChI=1S/C13H26N2O2S/c1-10(2)11-8-13(9-11)14-12-4-6-15(7-5-12)18(3,16)17/h10-14H,4-9H2,1-3H3. The van der Waals surface area contributed by atoms with Crippen molar-refractivity contribution in [2.24, 2.45) is 11.8 Å². The summed E-state index contributed by atoms with van der Waals surface area (Å²) in [6, 6.07) is 1.19. The SMILES string of the molecule is CC(C)C1CC(NC2CCN(S(C)(=O)=O)CC2)C1. The van der Waals surface area contributed by atoms with Crippen LogP contribution >= 0.6 is 0 Å². The molecule has 2 aliphatic rings. The molecule has 1 aliphatic heterocycles. The van der Waals surface area contributed by atoms with Crippen LogP contribution < -0.4 is 5.32 Å². The molecule has 5 heteroatoms. The molecule has 1 saturated carbocycles. The van der Waals surface area contributed by atoms with Crippen molar-refractivity contribution in [3.05, 3.63) is 0 Å². The van der Waals surface area contributed by atoms with Crippen LogP contribution in [0.25, 0.3) is 0 Å². The van der Waals surface area contributed by atoms with Crippen molar-refractivity contribution in [1.29, 1.82) is 0 Å². The molecule has 0 aromatic heterocycles. The van der Waals surface area contributed by atoms with Gasteiger partial charge in [-0.15, -0.1) is 0 Å². The normalized spacial score (nSPS) is 31.6. The van der Waals surface area contributed by atoms with E-state index in [1.807, 2.05) is 0 Å². The van der Waals surface area contributed by atoms with E-state index in [2.05, 4.69) is 19.2 Å². The Hall–Kier alpha value is -0.130. The van der Waals surface area contributed by atoms with Crippen LogP contribution in [0, 0.1) is 11.8 Å². The first-order valence-corrected chi connectivity index (χ1v) is 8.92. The Morgan fingerprint density at radius 1 is 1.11 bits per heavy atom. The van der Waals surface area contributed by atoms with E-state index in [0.717, 1.165) is 24.7 Å². The second kappa shape index (κ2) is 5.47. The molecule has 1 saturated heterocycles. The Labute approximate surface area is 111 Å². The first-order chi connectivity index (χ1) is 8.36. The number of hydrogen-bond donors (Lipinski definition) is 1. The second-order valence-electron chi connectivity index (χ2n) is 6.28. The van der Waals surface area contributed by atoms with Gasteiger partial charge in [-0.3, -0.25) is 0 Å². The van der Waals surface area contributed by atoms with Gasteiger partial charge in [0.05, 0.1) is 6.26 Å². The molecule has 4 nitrogen and oxygen atoms in total. The van der Waals surface area contributed by atoms with Gasteiger partial charge in [-0.2, -0.15) is 0 Å². The average Bonchev–Trinajstić information content (AvgIpc) is 2.21. The number of nitrogens with one attached hydrogen (secondary N) is 1. The van der Waals surface area contributed by atoms with Crippen molar-refractivity contribution < 1.29 is 8.42 Å². The van der Waals surface area contributed by atoms with Crippen LogP contribution in [-0.2, 0) is 10.0 Å². The summed E-state index contributed by atoms with van der Waals surface area (Å²) in [6.07, 6.45) is 5.81. The van der Waals surface area contributed by atoms with E-state index in [1.54, 1.807) is 4.31 Å². The predicted octanol–water partition coefficient (Wildman–Crippen LogP) is 1.43. The molecule has 0 aromatic rings. The summed E-state index contributed by atoms with van der Waals surface area (Å²) in [5.41, 5.74) is 0. The number of piperidine rings is 1. The van der Waals surface area contributed by atoms with Crippen LogP contribution in [0.1, 0.15) is 39.5 Å². The Morgan fingerprint density at radius 2 is 1.67 bits per heavy atom. The number of sulfonamides is 1. The topological polar surface area (TPSA) is 49.4 Å². The van der Waals surface area contributed by atoms with Crippen molar-refractivity contribution in [3.63, 3.8) is 0 Å². The first kappa shape index (κ1) is 14.3. The predicted molar refractivity (Wildman–Crippen MR) is 73.9 cm³/mol. The molecular weight excluding hydrogens is 248 g/mol. The number of nitrogens with zero attached hydrogens (tertiary/aromatic N) is 1. The van der Waals surface area contributed by atoms with E-state index in [1.165, 1.54) is 19.1 Å². The summed E-state index contributed by atoms with van der Waals surface area (Å²) in [5.74, 6) is 1.69. The van der Waals surface area contributed by atoms with E-state index in [0.29, 0.717) is 25.2 Å². The van der Waals surface area contributed by atoms with Crippen LogP contribution in [-0.4, -0.2) is 44.2 Å². The summed E-state index contributed by atoms with van der Waals surface area (Å²) in [5, 5.41) is 3.69. The fourth-order valence-corrected chi connectivity index (χ4v) is 3.90. The van der Waals surface area contributed by atoms with Crippen LogP contribution in [0.4, 0.5) is 0 Å². The lowest BCUT2D eigenvalue weighted by Gasteiger charge is -2.42. The molecule has 0 unspecified atom stereocenters. The zero-order valence-corrected chi connectivity index (χ0v) is 12.5. The fraction of sp³-hybridized carbons (Fsp3) is 1.00. The van der Waals surface area contributed by atoms with E-state index >= 15 is 0 Å². The minimum Gasteiger partial charge on any atom is -0.311 e. The van der Waals surface area contributed by atoms with Gasteiger partial charge in [0, 0.05) is 25.2 Å². The third kappa shape index (κ3) is 3.45. The molecule has 18 heavy (non-hydrogen) atoms. The van der Waals surface area contributed by atoms with Crippen LogP contribution in [0.3, 0.4) is 0 Å². The molecule has 0 atom stereocenters. The average molecular weight is 274 g/mol. The Bertz CT molecular complexity index is 366. The molecule has 1 N–H and O–H groups in total. The summed E-state index contributed by atoms with van der Waals surface area (Å²) in [6.45, 7) is 5.95. The van der Waals surface area contributed by atoms with Crippen LogP contribution in [0.5, 0.6) is 0 Å². The summed E-state index contributed by atoms with van der Waals surface area (Å²) >= 11 is 0. The van der Waals surface area contributed by atoms with Gasteiger partial charge < -0.3 is 5.32 Å². The second-order valence-corrected chi connectivity index (χ2v) is 8.26. The van der Waals surface area contributed by atoms with Gasteiger partial charge in [-0.25, -0.2) is 12.7 Å². The van der Waals surface area contributed by atoms with Crippen LogP contribution in [0.2, 0.25) is 0 Å². The molecule has 0 radical (unpaired) electrons. The van der Waals surface area contributed by atoms with Gasteiger partial charge in [-0.05, 0) is 37.5 Å². The highest BCUT2D eigenvalue weighted by Crippen LogP contribution is 2.34. The van der Waals surface area contributed by atoms with Gasteiger partial charge in [0.2, 0.25) is 10.0 Å². The highest BCUT2D eigenvalue weighted by atomic mass is 32.2. The lowest BCUT2D eigenvalue weighted by atomic mass is 9.73. The van der Waals surface area contributed by atoms with Gasteiger partial charge in [-0.1, -0.05) is 13.8 Å². The summed E-state index contributed by atoms with van der Waals surface area (Å²) in [4.78, 5) is 0. The van der Waals surface area contributed by atoms with Crippen molar-refractivity contribution in [1.82, 2.24) is 9.62 Å². The van der Waals surface area contributed by atoms with E-state index in [-0.39, 0.29) is 0 Å². The van der Waals surface area contributed by atoms with E-state index < -0.39 is 10.0 Å². The van der Waals surface area contributed by atoms with Gasteiger partial charge in [0.15, 0.2) is 0 Å². The van der Waals surface area contributed by atoms with Crippen molar-refractivity contribution in [2.45, 2.75) is 51.6 Å². The zero-order valence-electron chi connectivity index (χ0n) is 11.7. The monoisotopic (exact) mass is 274 g/mol. The molecular formula is C13H26N2O2S. The molecule has 0 amide bonds. The van der Waals surface area contributed by atoms with E-state index in [9.17, 15) is 8.42 Å². The van der Waals surface area contributed by atoms with Crippen LogP contribution in [0.15, 0.2) is 0 Å². The molecule has 0 spiro atoms. The minimum atomic E-state index is -2.98. The fourth-order valence-electron chi connectivity index (χ4n) is 3.03. The maximum absolute atomic E-state index is 11.4. The van der Waals surface area contributed by atoms with Gasteiger partial charge in [0.25, 0.3) is 0 Å². The number of rotatable bonds is 4. The molecule has 1 heterocycles. The summed E-state index contributed by atoms with van der Waals surface area (Å²) in [7, 11) is -2.98. The number of hydrogen-bond acceptors (Lipinski definition) is 3. The molecule has 0 bridgehead atoms. The quantitative estimate of drug-likeness (QED) is 0.844. The third-order valence-electron chi connectivity index (χ3n) is 4.51. The third-order valence-corrected chi connectivity index (χ3v) is 5.81. The summed E-state index contributed by atoms with van der Waals surface area (Å²) < 4.78 is 24.4. The van der Waals surface area contributed by atoms with Gasteiger partial charge >= 0.3 is 0 Å². The molecule has 0 aromatic carbocycles. The minimum absolute atomic E-state index is 0.515. The van der Waals surface area contributed by atoms with Crippen molar-refractivity contribution in [2.75, 3.05) is 19.3 Å². The van der Waals surface area contributed by atoms with E-state index in [4.69, 9.17) is 0 Å². The Balaban J connectivity index is 1.69. The molecule has 2 rings (SSSR count). The maximum Gasteiger partial charge on any atom is 0.211 e. The largest absolute Gasteiger partial charge is 0.311 e. The zero-order chi connectivity index (χ0) is 13.3. The Kier molecular flexibility index (Phi) is 4.34. The maximum atomic E-state index is 11.4. The molecule has 2 fully saturated rings. The first-order valence-electron chi connectivity index (χ1n) is 7.07. The molecule has 106 valence electrons. The van der Waals surface area contributed by atoms with Crippen molar-refractivity contribution >= 4 is 10.0 Å². The Morgan fingerprint density at radius 3 is 2.11 bits per heavy atom. The smallest absolute Gasteiger partial charge is 0.211 e. The lowest BCUT2D eigenvalue weighted by molar-refractivity contribution is 0.144. The lowest BCUT2D eigenvalue weighted by Crippen LogP contribution is -2.51. The highest BCUT2D eigenvalue weighted by Gasteiger charge is 2.33.